The Labute approximate surface area is 152 Å². The summed E-state index contributed by atoms with van der Waals surface area (Å²) in [5, 5.41) is 17.1. The van der Waals surface area contributed by atoms with Crippen LogP contribution >= 0.6 is 24.8 Å². The van der Waals surface area contributed by atoms with Crippen LogP contribution in [-0.4, -0.2) is 52.4 Å². The maximum Gasteiger partial charge on any atom is 0.287 e. The van der Waals surface area contributed by atoms with Gasteiger partial charge in [0.15, 0.2) is 0 Å². The van der Waals surface area contributed by atoms with Crippen LogP contribution in [0.3, 0.4) is 0 Å². The van der Waals surface area contributed by atoms with Crippen molar-refractivity contribution in [3.8, 4) is 0 Å². The third-order valence-electron chi connectivity index (χ3n) is 4.17. The van der Waals surface area contributed by atoms with Gasteiger partial charge in [0.2, 0.25) is 5.91 Å². The van der Waals surface area contributed by atoms with Crippen molar-refractivity contribution in [3.63, 3.8) is 0 Å². The number of rotatable bonds is 4. The van der Waals surface area contributed by atoms with E-state index in [1.165, 1.54) is 12.3 Å². The number of carbonyl (C=O) groups excluding carboxylic acids is 1. The van der Waals surface area contributed by atoms with Gasteiger partial charge in [-0.25, -0.2) is 4.98 Å². The molecule has 2 aliphatic heterocycles. The average molecular weight is 378 g/mol. The van der Waals surface area contributed by atoms with Gasteiger partial charge in [0.1, 0.15) is 12.0 Å². The normalized spacial score (nSPS) is 22.4. The van der Waals surface area contributed by atoms with Crippen molar-refractivity contribution in [2.75, 3.05) is 25.0 Å². The fraction of sp³-hybridized carbons (Fsp3) is 0.571. The highest BCUT2D eigenvalue weighted by molar-refractivity contribution is 5.85. The van der Waals surface area contributed by atoms with E-state index in [1.807, 2.05) is 4.90 Å². The summed E-state index contributed by atoms with van der Waals surface area (Å²) in [6.45, 7) is 2.30. The number of carbonyl (C=O) groups is 1. The third-order valence-corrected chi connectivity index (χ3v) is 4.17. The van der Waals surface area contributed by atoms with E-state index in [9.17, 15) is 14.9 Å². The summed E-state index contributed by atoms with van der Waals surface area (Å²) in [5.41, 5.74) is -0.0268. The Kier molecular flexibility index (Phi) is 7.65. The Morgan fingerprint density at radius 3 is 2.75 bits per heavy atom. The number of nitrogens with zero attached hydrogens (tertiary/aromatic N) is 3. The van der Waals surface area contributed by atoms with Gasteiger partial charge in [-0.3, -0.25) is 14.9 Å². The van der Waals surface area contributed by atoms with E-state index in [0.717, 1.165) is 32.4 Å². The van der Waals surface area contributed by atoms with Gasteiger partial charge in [0.05, 0.1) is 11.0 Å². The lowest BCUT2D eigenvalue weighted by molar-refractivity contribution is -0.385. The highest BCUT2D eigenvalue weighted by atomic mass is 35.5. The molecule has 1 aromatic heterocycles. The van der Waals surface area contributed by atoms with Gasteiger partial charge >= 0.3 is 0 Å². The fourth-order valence-electron chi connectivity index (χ4n) is 2.98. The monoisotopic (exact) mass is 377 g/mol. The summed E-state index contributed by atoms with van der Waals surface area (Å²) in [7, 11) is 0. The van der Waals surface area contributed by atoms with Crippen LogP contribution in [0, 0.1) is 10.1 Å². The molecule has 1 amide bonds. The van der Waals surface area contributed by atoms with Gasteiger partial charge in [0.25, 0.3) is 5.69 Å². The number of hydrogen-bond acceptors (Lipinski definition) is 6. The van der Waals surface area contributed by atoms with Crippen LogP contribution in [0.5, 0.6) is 0 Å². The van der Waals surface area contributed by atoms with E-state index in [-0.39, 0.29) is 48.5 Å². The second-order valence-electron chi connectivity index (χ2n) is 5.72. The number of nitrogens with one attached hydrogen (secondary N) is 2. The number of anilines is 1. The lowest BCUT2D eigenvalue weighted by Crippen LogP contribution is -2.43. The first kappa shape index (κ1) is 20.4. The molecule has 24 heavy (non-hydrogen) atoms. The highest BCUT2D eigenvalue weighted by Gasteiger charge is 2.32. The maximum absolute atomic E-state index is 12.3. The predicted octanol–water partition coefficient (Wildman–Crippen LogP) is 1.60. The number of aromatic nitrogens is 1. The van der Waals surface area contributed by atoms with Crippen molar-refractivity contribution in [1.29, 1.82) is 0 Å². The molecule has 0 radical (unpaired) electrons. The van der Waals surface area contributed by atoms with Crippen molar-refractivity contribution in [2.24, 2.45) is 0 Å². The summed E-state index contributed by atoms with van der Waals surface area (Å²) in [6, 6.07) is 3.13. The molecule has 0 aliphatic carbocycles. The zero-order valence-electron chi connectivity index (χ0n) is 13.0. The van der Waals surface area contributed by atoms with Crippen LogP contribution in [-0.2, 0) is 4.79 Å². The van der Waals surface area contributed by atoms with Crippen LogP contribution in [0.2, 0.25) is 0 Å². The summed E-state index contributed by atoms with van der Waals surface area (Å²) < 4.78 is 0. The van der Waals surface area contributed by atoms with Crippen molar-refractivity contribution in [2.45, 2.75) is 31.3 Å². The molecule has 0 aromatic carbocycles. The highest BCUT2D eigenvalue weighted by Crippen LogP contribution is 2.18. The summed E-state index contributed by atoms with van der Waals surface area (Å²) >= 11 is 0. The number of likely N-dealkylation sites (tertiary alicyclic amines) is 1. The molecule has 10 heteroatoms. The van der Waals surface area contributed by atoms with E-state index in [4.69, 9.17) is 0 Å². The van der Waals surface area contributed by atoms with Crippen molar-refractivity contribution in [1.82, 2.24) is 15.2 Å². The van der Waals surface area contributed by atoms with Crippen LogP contribution < -0.4 is 10.6 Å². The van der Waals surface area contributed by atoms with E-state index in [1.54, 1.807) is 6.07 Å². The lowest BCUT2D eigenvalue weighted by atomic mass is 10.2. The molecular formula is C14H21Cl2N5O3. The Morgan fingerprint density at radius 2 is 2.17 bits per heavy atom. The molecule has 1 aromatic rings. The number of nitro groups is 1. The van der Waals surface area contributed by atoms with E-state index < -0.39 is 4.92 Å². The van der Waals surface area contributed by atoms with E-state index in [0.29, 0.717) is 12.4 Å². The first-order valence-electron chi connectivity index (χ1n) is 7.52. The zero-order chi connectivity index (χ0) is 15.5. The van der Waals surface area contributed by atoms with Crippen LogP contribution in [0.25, 0.3) is 0 Å². The number of halogens is 2. The molecular weight excluding hydrogens is 357 g/mol. The summed E-state index contributed by atoms with van der Waals surface area (Å²) in [6.07, 6.45) is 4.07. The van der Waals surface area contributed by atoms with Gasteiger partial charge in [0, 0.05) is 25.2 Å². The minimum absolute atomic E-state index is 0. The largest absolute Gasteiger partial charge is 0.365 e. The number of hydrogen-bond donors (Lipinski definition) is 2. The van der Waals surface area contributed by atoms with Crippen LogP contribution in [0.4, 0.5) is 11.5 Å². The molecule has 2 fully saturated rings. The number of amides is 1. The number of pyridine rings is 1. The lowest BCUT2D eigenvalue weighted by Gasteiger charge is -2.21. The van der Waals surface area contributed by atoms with Crippen molar-refractivity contribution >= 4 is 42.2 Å². The van der Waals surface area contributed by atoms with E-state index in [2.05, 4.69) is 15.6 Å². The maximum atomic E-state index is 12.3. The van der Waals surface area contributed by atoms with Crippen molar-refractivity contribution in [3.05, 3.63) is 28.4 Å². The van der Waals surface area contributed by atoms with Gasteiger partial charge in [-0.1, -0.05) is 0 Å². The summed E-state index contributed by atoms with van der Waals surface area (Å²) in [4.78, 5) is 28.4. The molecule has 8 nitrogen and oxygen atoms in total. The molecule has 2 saturated heterocycles. The first-order chi connectivity index (χ1) is 10.6. The Morgan fingerprint density at radius 1 is 1.38 bits per heavy atom. The fourth-order valence-corrected chi connectivity index (χ4v) is 2.98. The van der Waals surface area contributed by atoms with Crippen LogP contribution in [0.1, 0.15) is 19.3 Å². The smallest absolute Gasteiger partial charge is 0.287 e. The minimum Gasteiger partial charge on any atom is -0.365 e. The topological polar surface area (TPSA) is 100 Å². The molecule has 3 heterocycles. The SMILES string of the molecule is Cl.Cl.O=C(C1CCCN1)N1CCC(Nc2ccc([N+](=O)[O-])cn2)C1. The molecule has 3 rings (SSSR count). The van der Waals surface area contributed by atoms with Gasteiger partial charge < -0.3 is 15.5 Å². The molecule has 134 valence electrons. The minimum atomic E-state index is -0.471. The van der Waals surface area contributed by atoms with Crippen molar-refractivity contribution < 1.29 is 9.72 Å². The standard InChI is InChI=1S/C14H19N5O3.2ClH/c20-14(12-2-1-6-15-12)18-7-5-10(9-18)17-13-4-3-11(8-16-13)19(21)22;;/h3-4,8,10,12,15H,1-2,5-7,9H2,(H,16,17);2*1H. The van der Waals surface area contributed by atoms with Gasteiger partial charge in [-0.05, 0) is 31.9 Å². The Bertz CT molecular complexity index is 566. The zero-order valence-corrected chi connectivity index (χ0v) is 14.6. The van der Waals surface area contributed by atoms with Crippen LogP contribution in [0.15, 0.2) is 18.3 Å². The first-order valence-corrected chi connectivity index (χ1v) is 7.52. The molecule has 2 aliphatic rings. The molecule has 0 saturated carbocycles. The Hall–Kier alpha value is -1.64. The molecule has 0 bridgehead atoms. The third kappa shape index (κ3) is 4.68. The quantitative estimate of drug-likeness (QED) is 0.610. The summed E-state index contributed by atoms with van der Waals surface area (Å²) in [5.74, 6) is 0.780. The second kappa shape index (κ2) is 9.00. The molecule has 2 atom stereocenters. The van der Waals surface area contributed by atoms with Gasteiger partial charge in [-0.15, -0.1) is 24.8 Å². The molecule has 0 spiro atoms. The average Bonchev–Trinajstić information content (AvgIpc) is 3.19. The van der Waals surface area contributed by atoms with E-state index >= 15 is 0 Å². The second-order valence-corrected chi connectivity index (χ2v) is 5.72. The Balaban J connectivity index is 0.00000144. The molecule has 2 unspecified atom stereocenters. The molecule has 2 N–H and O–H groups in total. The predicted molar refractivity (Wildman–Crippen MR) is 95.0 cm³/mol. The van der Waals surface area contributed by atoms with Gasteiger partial charge in [-0.2, -0.15) is 0 Å².